The predicted molar refractivity (Wildman–Crippen MR) is 111 cm³/mol. The fourth-order valence-corrected chi connectivity index (χ4v) is 4.33. The molecule has 162 valence electrons. The fraction of sp³-hybridized carbons (Fsp3) is 0.476. The maximum atomic E-state index is 12.7. The summed E-state index contributed by atoms with van der Waals surface area (Å²) < 4.78 is 35.3. The third-order valence-corrected chi connectivity index (χ3v) is 7.24. The molecule has 1 saturated heterocycles. The molecule has 1 aromatic carbocycles. The highest BCUT2D eigenvalue weighted by molar-refractivity contribution is 7.92. The van der Waals surface area contributed by atoms with Crippen LogP contribution in [0.15, 0.2) is 41.3 Å². The molecule has 30 heavy (non-hydrogen) atoms. The van der Waals surface area contributed by atoms with Crippen molar-refractivity contribution in [2.24, 2.45) is 0 Å². The Balaban J connectivity index is 1.58. The molecule has 1 aliphatic rings. The first-order valence-electron chi connectivity index (χ1n) is 9.94. The topological polar surface area (TPSA) is 98.7 Å². The van der Waals surface area contributed by atoms with Crippen molar-refractivity contribution < 1.29 is 22.7 Å². The Morgan fingerprint density at radius 2 is 1.80 bits per heavy atom. The monoisotopic (exact) mass is 433 g/mol. The standard InChI is InChI=1S/C21H27N3O5S/c1-15(2)30(26,27)18-8-6-16(7-9-18)13-21(25)24-12-4-5-17(14-24)29-20-11-10-19(28-3)22-23-20/h6-11,15,17H,4-5,12-14H2,1-3H3. The normalized spacial score (nSPS) is 17.1. The van der Waals surface area contributed by atoms with Crippen LogP contribution in [-0.2, 0) is 21.1 Å². The van der Waals surface area contributed by atoms with E-state index in [0.717, 1.165) is 18.4 Å². The third-order valence-electron chi connectivity index (χ3n) is 5.07. The number of carbonyl (C=O) groups excluding carboxylic acids is 1. The van der Waals surface area contributed by atoms with Crippen LogP contribution < -0.4 is 9.47 Å². The van der Waals surface area contributed by atoms with Crippen LogP contribution >= 0.6 is 0 Å². The summed E-state index contributed by atoms with van der Waals surface area (Å²) in [5.41, 5.74) is 0.784. The summed E-state index contributed by atoms with van der Waals surface area (Å²) in [7, 11) is -1.80. The molecule has 0 spiro atoms. The van der Waals surface area contributed by atoms with Gasteiger partial charge < -0.3 is 14.4 Å². The van der Waals surface area contributed by atoms with Crippen molar-refractivity contribution >= 4 is 15.7 Å². The lowest BCUT2D eigenvalue weighted by Gasteiger charge is -2.32. The van der Waals surface area contributed by atoms with Gasteiger partial charge in [-0.05, 0) is 44.4 Å². The summed E-state index contributed by atoms with van der Waals surface area (Å²) in [5.74, 6) is 0.802. The minimum absolute atomic E-state index is 0.0106. The second-order valence-corrected chi connectivity index (χ2v) is 10.1. The Morgan fingerprint density at radius 3 is 2.40 bits per heavy atom. The lowest BCUT2D eigenvalue weighted by atomic mass is 10.1. The number of nitrogens with zero attached hydrogens (tertiary/aromatic N) is 3. The number of piperidine rings is 1. The number of benzene rings is 1. The quantitative estimate of drug-likeness (QED) is 0.660. The Kier molecular flexibility index (Phi) is 6.91. The molecule has 1 fully saturated rings. The van der Waals surface area contributed by atoms with Crippen LogP contribution in [-0.4, -0.2) is 61.0 Å². The van der Waals surface area contributed by atoms with Gasteiger partial charge in [-0.2, -0.15) is 0 Å². The van der Waals surface area contributed by atoms with Crippen LogP contribution in [0.2, 0.25) is 0 Å². The van der Waals surface area contributed by atoms with Crippen LogP contribution in [0, 0.1) is 0 Å². The van der Waals surface area contributed by atoms with E-state index in [1.54, 1.807) is 55.1 Å². The number of rotatable bonds is 7. The van der Waals surface area contributed by atoms with E-state index in [-0.39, 0.29) is 23.3 Å². The van der Waals surface area contributed by atoms with E-state index in [0.29, 0.717) is 24.8 Å². The highest BCUT2D eigenvalue weighted by Crippen LogP contribution is 2.20. The summed E-state index contributed by atoms with van der Waals surface area (Å²) in [4.78, 5) is 14.8. The maximum Gasteiger partial charge on any atom is 0.233 e. The second kappa shape index (κ2) is 9.42. The molecule has 0 saturated carbocycles. The Labute approximate surface area is 177 Å². The number of sulfone groups is 1. The van der Waals surface area contributed by atoms with E-state index in [9.17, 15) is 13.2 Å². The molecule has 0 aliphatic carbocycles. The number of amides is 1. The van der Waals surface area contributed by atoms with Crippen molar-refractivity contribution in [3.8, 4) is 11.8 Å². The van der Waals surface area contributed by atoms with Crippen molar-refractivity contribution in [1.29, 1.82) is 0 Å². The van der Waals surface area contributed by atoms with Gasteiger partial charge in [0.1, 0.15) is 6.10 Å². The molecular formula is C21H27N3O5S. The molecular weight excluding hydrogens is 406 g/mol. The first-order chi connectivity index (χ1) is 14.3. The summed E-state index contributed by atoms with van der Waals surface area (Å²) in [6.07, 6.45) is 1.74. The van der Waals surface area contributed by atoms with Crippen LogP contribution in [0.5, 0.6) is 11.8 Å². The highest BCUT2D eigenvalue weighted by Gasteiger charge is 2.25. The summed E-state index contributed by atoms with van der Waals surface area (Å²) in [6.45, 7) is 4.46. The minimum atomic E-state index is -3.31. The van der Waals surface area contributed by atoms with Crippen molar-refractivity contribution in [1.82, 2.24) is 15.1 Å². The second-order valence-electron chi connectivity index (χ2n) is 7.55. The van der Waals surface area contributed by atoms with E-state index < -0.39 is 15.1 Å². The molecule has 2 heterocycles. The van der Waals surface area contributed by atoms with E-state index in [2.05, 4.69) is 10.2 Å². The van der Waals surface area contributed by atoms with Gasteiger partial charge in [0.15, 0.2) is 9.84 Å². The predicted octanol–water partition coefficient (Wildman–Crippen LogP) is 2.28. The van der Waals surface area contributed by atoms with Gasteiger partial charge in [-0.1, -0.05) is 12.1 Å². The molecule has 3 rings (SSSR count). The van der Waals surface area contributed by atoms with Gasteiger partial charge in [0.05, 0.1) is 30.2 Å². The number of likely N-dealkylation sites (tertiary alicyclic amines) is 1. The van der Waals surface area contributed by atoms with Crippen LogP contribution in [0.4, 0.5) is 0 Å². The molecule has 8 nitrogen and oxygen atoms in total. The van der Waals surface area contributed by atoms with Gasteiger partial charge in [-0.15, -0.1) is 10.2 Å². The van der Waals surface area contributed by atoms with Gasteiger partial charge in [0.25, 0.3) is 0 Å². The van der Waals surface area contributed by atoms with E-state index in [1.807, 2.05) is 0 Å². The smallest absolute Gasteiger partial charge is 0.233 e. The first kappa shape index (κ1) is 22.0. The number of carbonyl (C=O) groups is 1. The van der Waals surface area contributed by atoms with Crippen molar-refractivity contribution in [3.05, 3.63) is 42.0 Å². The minimum Gasteiger partial charge on any atom is -0.480 e. The van der Waals surface area contributed by atoms with Gasteiger partial charge in [0, 0.05) is 18.7 Å². The molecule has 9 heteroatoms. The van der Waals surface area contributed by atoms with Crippen molar-refractivity contribution in [2.75, 3.05) is 20.2 Å². The van der Waals surface area contributed by atoms with Gasteiger partial charge in [-0.3, -0.25) is 4.79 Å². The third kappa shape index (κ3) is 5.27. The van der Waals surface area contributed by atoms with Crippen LogP contribution in [0.3, 0.4) is 0 Å². The van der Waals surface area contributed by atoms with Gasteiger partial charge >= 0.3 is 0 Å². The largest absolute Gasteiger partial charge is 0.480 e. The number of hydrogen-bond donors (Lipinski definition) is 0. The zero-order chi connectivity index (χ0) is 21.7. The number of methoxy groups -OCH3 is 1. The molecule has 1 aromatic heterocycles. The SMILES string of the molecule is COc1ccc(OC2CCCN(C(=O)Cc3ccc(S(=O)(=O)C(C)C)cc3)C2)nn1. The van der Waals surface area contributed by atoms with Crippen LogP contribution in [0.1, 0.15) is 32.3 Å². The van der Waals surface area contributed by atoms with Crippen molar-refractivity contribution in [3.63, 3.8) is 0 Å². The molecule has 0 radical (unpaired) electrons. The summed E-state index contributed by atoms with van der Waals surface area (Å²) in [5, 5.41) is 7.38. The lowest BCUT2D eigenvalue weighted by molar-refractivity contribution is -0.133. The first-order valence-corrected chi connectivity index (χ1v) is 11.5. The van der Waals surface area contributed by atoms with Gasteiger partial charge in [0.2, 0.25) is 17.7 Å². The number of ether oxygens (including phenoxy) is 2. The van der Waals surface area contributed by atoms with E-state index in [4.69, 9.17) is 9.47 Å². The Bertz CT molecular complexity index is 959. The zero-order valence-electron chi connectivity index (χ0n) is 17.4. The number of hydrogen-bond acceptors (Lipinski definition) is 7. The summed E-state index contributed by atoms with van der Waals surface area (Å²) >= 11 is 0. The Morgan fingerprint density at radius 1 is 1.13 bits per heavy atom. The maximum absolute atomic E-state index is 12.7. The fourth-order valence-electron chi connectivity index (χ4n) is 3.27. The van der Waals surface area contributed by atoms with Gasteiger partial charge in [-0.25, -0.2) is 8.42 Å². The zero-order valence-corrected chi connectivity index (χ0v) is 18.3. The molecule has 2 aromatic rings. The molecule has 0 N–H and O–H groups in total. The molecule has 1 atom stereocenters. The van der Waals surface area contributed by atoms with E-state index >= 15 is 0 Å². The van der Waals surface area contributed by atoms with Crippen LogP contribution in [0.25, 0.3) is 0 Å². The molecule has 1 amide bonds. The summed E-state index contributed by atoms with van der Waals surface area (Å²) in [6, 6.07) is 9.93. The van der Waals surface area contributed by atoms with E-state index in [1.165, 1.54) is 7.11 Å². The molecule has 0 bridgehead atoms. The number of aromatic nitrogens is 2. The molecule has 1 unspecified atom stereocenters. The highest BCUT2D eigenvalue weighted by atomic mass is 32.2. The van der Waals surface area contributed by atoms with Crippen molar-refractivity contribution in [2.45, 2.75) is 49.4 Å². The molecule has 1 aliphatic heterocycles. The average molecular weight is 434 g/mol. The Hall–Kier alpha value is -2.68. The average Bonchev–Trinajstić information content (AvgIpc) is 2.75. The lowest BCUT2D eigenvalue weighted by Crippen LogP contribution is -2.45.